The second-order valence-corrected chi connectivity index (χ2v) is 4.60. The summed E-state index contributed by atoms with van der Waals surface area (Å²) in [4.78, 5) is 11.1. The molecule has 2 aromatic rings. The molecule has 0 aliphatic heterocycles. The summed E-state index contributed by atoms with van der Waals surface area (Å²) in [6.07, 6.45) is 3.70. The van der Waals surface area contributed by atoms with E-state index in [-0.39, 0.29) is 0 Å². The Morgan fingerprint density at radius 3 is 2.17 bits per heavy atom. The standard InChI is InChI=1S/C15H11BrO2/c16-14-8-4-2-6-12(14)10-9-11-5-1-3-7-13(11)15(17)18/h1-10H,(H,17,18). The minimum atomic E-state index is -0.914. The highest BCUT2D eigenvalue weighted by Crippen LogP contribution is 2.19. The fourth-order valence-electron chi connectivity index (χ4n) is 1.63. The van der Waals surface area contributed by atoms with Gasteiger partial charge in [-0.1, -0.05) is 64.5 Å². The lowest BCUT2D eigenvalue weighted by molar-refractivity contribution is 0.0696. The van der Waals surface area contributed by atoms with Crippen molar-refractivity contribution >= 4 is 34.1 Å². The van der Waals surface area contributed by atoms with E-state index in [1.54, 1.807) is 18.2 Å². The summed E-state index contributed by atoms with van der Waals surface area (Å²) in [6, 6.07) is 14.7. The molecule has 0 bridgehead atoms. The first kappa shape index (κ1) is 12.6. The summed E-state index contributed by atoms with van der Waals surface area (Å²) in [5.41, 5.74) is 2.01. The molecule has 0 aromatic heterocycles. The third-order valence-corrected chi connectivity index (χ3v) is 3.26. The maximum Gasteiger partial charge on any atom is 0.336 e. The van der Waals surface area contributed by atoms with Gasteiger partial charge in [0, 0.05) is 4.47 Å². The average Bonchev–Trinajstić information content (AvgIpc) is 2.38. The van der Waals surface area contributed by atoms with Crippen LogP contribution in [-0.2, 0) is 0 Å². The molecular weight excluding hydrogens is 292 g/mol. The molecule has 0 unspecified atom stereocenters. The van der Waals surface area contributed by atoms with Crippen LogP contribution >= 0.6 is 15.9 Å². The maximum atomic E-state index is 11.1. The number of hydrogen-bond acceptors (Lipinski definition) is 1. The lowest BCUT2D eigenvalue weighted by atomic mass is 10.1. The highest BCUT2D eigenvalue weighted by atomic mass is 79.9. The van der Waals surface area contributed by atoms with Crippen LogP contribution < -0.4 is 0 Å². The van der Waals surface area contributed by atoms with Crippen LogP contribution in [0.4, 0.5) is 0 Å². The summed E-state index contributed by atoms with van der Waals surface area (Å²) < 4.78 is 0.981. The lowest BCUT2D eigenvalue weighted by Crippen LogP contribution is -1.98. The van der Waals surface area contributed by atoms with Crippen molar-refractivity contribution in [1.29, 1.82) is 0 Å². The van der Waals surface area contributed by atoms with Gasteiger partial charge in [-0.3, -0.25) is 0 Å². The predicted octanol–water partition coefficient (Wildman–Crippen LogP) is 4.32. The molecule has 0 atom stereocenters. The summed E-state index contributed by atoms with van der Waals surface area (Å²) in [5.74, 6) is -0.914. The fourth-order valence-corrected chi connectivity index (χ4v) is 2.04. The molecule has 0 amide bonds. The number of halogens is 1. The Hall–Kier alpha value is -1.87. The number of benzene rings is 2. The molecule has 0 saturated heterocycles. The Kier molecular flexibility index (Phi) is 3.95. The Balaban J connectivity index is 2.35. The van der Waals surface area contributed by atoms with E-state index in [1.165, 1.54) is 0 Å². The van der Waals surface area contributed by atoms with Crippen molar-refractivity contribution in [2.24, 2.45) is 0 Å². The minimum Gasteiger partial charge on any atom is -0.478 e. The van der Waals surface area contributed by atoms with Gasteiger partial charge >= 0.3 is 5.97 Å². The van der Waals surface area contributed by atoms with E-state index in [4.69, 9.17) is 5.11 Å². The summed E-state index contributed by atoms with van der Waals surface area (Å²) in [6.45, 7) is 0. The van der Waals surface area contributed by atoms with Gasteiger partial charge in [0.1, 0.15) is 0 Å². The molecule has 2 nitrogen and oxygen atoms in total. The van der Waals surface area contributed by atoms with E-state index < -0.39 is 5.97 Å². The van der Waals surface area contributed by atoms with E-state index in [9.17, 15) is 4.79 Å². The van der Waals surface area contributed by atoms with Crippen LogP contribution in [0.25, 0.3) is 12.2 Å². The topological polar surface area (TPSA) is 37.3 Å². The monoisotopic (exact) mass is 302 g/mol. The number of carboxylic acid groups (broad SMARTS) is 1. The fraction of sp³-hybridized carbons (Fsp3) is 0. The van der Waals surface area contributed by atoms with Gasteiger partial charge in [0.05, 0.1) is 5.56 Å². The van der Waals surface area contributed by atoms with E-state index in [0.29, 0.717) is 11.1 Å². The molecule has 1 N–H and O–H groups in total. The van der Waals surface area contributed by atoms with Gasteiger partial charge in [0.2, 0.25) is 0 Å². The van der Waals surface area contributed by atoms with Gasteiger partial charge in [-0.05, 0) is 23.3 Å². The second-order valence-electron chi connectivity index (χ2n) is 3.75. The second kappa shape index (κ2) is 5.65. The molecule has 2 rings (SSSR count). The molecule has 2 aromatic carbocycles. The van der Waals surface area contributed by atoms with Crippen LogP contribution in [0.3, 0.4) is 0 Å². The van der Waals surface area contributed by atoms with Crippen molar-refractivity contribution in [3.8, 4) is 0 Å². The smallest absolute Gasteiger partial charge is 0.336 e. The zero-order chi connectivity index (χ0) is 13.0. The van der Waals surface area contributed by atoms with Gasteiger partial charge in [-0.2, -0.15) is 0 Å². The van der Waals surface area contributed by atoms with Crippen LogP contribution in [0.15, 0.2) is 53.0 Å². The molecule has 0 aliphatic rings. The van der Waals surface area contributed by atoms with E-state index >= 15 is 0 Å². The van der Waals surface area contributed by atoms with Crippen LogP contribution in [0.5, 0.6) is 0 Å². The van der Waals surface area contributed by atoms with Crippen molar-refractivity contribution in [1.82, 2.24) is 0 Å². The van der Waals surface area contributed by atoms with Gasteiger partial charge in [0.25, 0.3) is 0 Å². The third-order valence-electron chi connectivity index (χ3n) is 2.54. The van der Waals surface area contributed by atoms with Gasteiger partial charge in [-0.15, -0.1) is 0 Å². The number of aromatic carboxylic acids is 1. The summed E-state index contributed by atoms with van der Waals surface area (Å²) in [5, 5.41) is 9.07. The molecular formula is C15H11BrO2. The molecule has 0 aliphatic carbocycles. The van der Waals surface area contributed by atoms with Crippen molar-refractivity contribution in [3.63, 3.8) is 0 Å². The predicted molar refractivity (Wildman–Crippen MR) is 76.5 cm³/mol. The van der Waals surface area contributed by atoms with Crippen LogP contribution in [0, 0.1) is 0 Å². The lowest BCUT2D eigenvalue weighted by Gasteiger charge is -2.01. The maximum absolute atomic E-state index is 11.1. The van der Waals surface area contributed by atoms with Gasteiger partial charge in [-0.25, -0.2) is 4.79 Å². The van der Waals surface area contributed by atoms with Crippen LogP contribution in [0.1, 0.15) is 21.5 Å². The molecule has 90 valence electrons. The number of carbonyl (C=O) groups is 1. The first-order valence-corrected chi connectivity index (χ1v) is 6.23. The quantitative estimate of drug-likeness (QED) is 0.858. The zero-order valence-electron chi connectivity index (χ0n) is 9.51. The number of carboxylic acids is 1. The molecule has 0 saturated carbocycles. The highest BCUT2D eigenvalue weighted by Gasteiger charge is 2.05. The average molecular weight is 303 g/mol. The molecule has 0 heterocycles. The Morgan fingerprint density at radius 1 is 0.944 bits per heavy atom. The number of rotatable bonds is 3. The van der Waals surface area contributed by atoms with Crippen LogP contribution in [-0.4, -0.2) is 11.1 Å². The molecule has 18 heavy (non-hydrogen) atoms. The molecule has 0 radical (unpaired) electrons. The Labute approximate surface area is 114 Å². The van der Waals surface area contributed by atoms with E-state index in [2.05, 4.69) is 15.9 Å². The van der Waals surface area contributed by atoms with Crippen LogP contribution in [0.2, 0.25) is 0 Å². The Morgan fingerprint density at radius 2 is 1.50 bits per heavy atom. The molecule has 0 spiro atoms. The normalized spacial score (nSPS) is 10.7. The Bertz CT molecular complexity index is 603. The van der Waals surface area contributed by atoms with Gasteiger partial charge in [0.15, 0.2) is 0 Å². The van der Waals surface area contributed by atoms with E-state index in [1.807, 2.05) is 42.5 Å². The van der Waals surface area contributed by atoms with Gasteiger partial charge < -0.3 is 5.11 Å². The first-order chi connectivity index (χ1) is 8.68. The number of hydrogen-bond donors (Lipinski definition) is 1. The minimum absolute atomic E-state index is 0.306. The summed E-state index contributed by atoms with van der Waals surface area (Å²) >= 11 is 3.45. The molecule has 3 heteroatoms. The third kappa shape index (κ3) is 2.87. The highest BCUT2D eigenvalue weighted by molar-refractivity contribution is 9.10. The van der Waals surface area contributed by atoms with Crippen molar-refractivity contribution in [2.45, 2.75) is 0 Å². The zero-order valence-corrected chi connectivity index (χ0v) is 11.1. The largest absolute Gasteiger partial charge is 0.478 e. The van der Waals surface area contributed by atoms with Crippen molar-refractivity contribution < 1.29 is 9.90 Å². The van der Waals surface area contributed by atoms with E-state index in [0.717, 1.165) is 10.0 Å². The first-order valence-electron chi connectivity index (χ1n) is 5.43. The molecule has 0 fully saturated rings. The van der Waals surface area contributed by atoms with Crippen molar-refractivity contribution in [2.75, 3.05) is 0 Å². The summed E-state index contributed by atoms with van der Waals surface area (Å²) in [7, 11) is 0. The SMILES string of the molecule is O=C(O)c1ccccc1C=Cc1ccccc1Br. The van der Waals surface area contributed by atoms with Crippen molar-refractivity contribution in [3.05, 3.63) is 69.7 Å².